The smallest absolute Gasteiger partial charge is 0.225 e. The lowest BCUT2D eigenvalue weighted by atomic mass is 9.86. The average molecular weight is 586 g/mol. The zero-order valence-electron chi connectivity index (χ0n) is 18.8. The van der Waals surface area contributed by atoms with Crippen LogP contribution in [-0.4, -0.2) is 5.79 Å². The first kappa shape index (κ1) is 22.7. The van der Waals surface area contributed by atoms with Crippen LogP contribution in [0.5, 0.6) is 0 Å². The molecule has 172 valence electrons. The molecule has 1 spiro atoms. The number of benzene rings is 4. The zero-order chi connectivity index (χ0) is 23.9. The molecule has 0 aromatic heterocycles. The van der Waals surface area contributed by atoms with Crippen molar-refractivity contribution in [2.75, 3.05) is 0 Å². The third-order valence-electron chi connectivity index (χ3n) is 6.70. The Morgan fingerprint density at radius 2 is 0.829 bits per heavy atom. The van der Waals surface area contributed by atoms with Gasteiger partial charge in [-0.1, -0.05) is 137 Å². The van der Waals surface area contributed by atoms with Crippen molar-refractivity contribution in [1.82, 2.24) is 0 Å². The summed E-state index contributed by atoms with van der Waals surface area (Å²) in [7, 11) is 0. The van der Waals surface area contributed by atoms with E-state index in [0.29, 0.717) is 0 Å². The van der Waals surface area contributed by atoms with E-state index in [9.17, 15) is 0 Å². The molecule has 4 aromatic carbocycles. The van der Waals surface area contributed by atoms with Gasteiger partial charge in [-0.15, -0.1) is 0 Å². The lowest BCUT2D eigenvalue weighted by Crippen LogP contribution is -2.41. The van der Waals surface area contributed by atoms with Gasteiger partial charge < -0.3 is 9.47 Å². The Kier molecular flexibility index (Phi) is 5.65. The standard InChI is InChI=1S/C31H22Br2O2/c32-27-21-29(23-13-5-1-6-14-23,24-15-7-2-8-16-24)34-30(27)22-28(33)31(35-30,25-17-9-3-10-18-25)26-19-11-4-12-20-26/h1-22H. The molecule has 0 saturated carbocycles. The first-order valence-corrected chi connectivity index (χ1v) is 13.1. The van der Waals surface area contributed by atoms with Gasteiger partial charge in [-0.2, -0.15) is 0 Å². The van der Waals surface area contributed by atoms with Crippen LogP contribution in [0, 0.1) is 0 Å². The molecule has 1 unspecified atom stereocenters. The summed E-state index contributed by atoms with van der Waals surface area (Å²) in [5.41, 5.74) is 2.42. The summed E-state index contributed by atoms with van der Waals surface area (Å²) < 4.78 is 15.9. The number of ether oxygens (including phenoxy) is 2. The minimum absolute atomic E-state index is 0.823. The van der Waals surface area contributed by atoms with E-state index >= 15 is 0 Å². The molecule has 4 heteroatoms. The van der Waals surface area contributed by atoms with E-state index < -0.39 is 17.0 Å². The largest absolute Gasteiger partial charge is 0.321 e. The summed E-state index contributed by atoms with van der Waals surface area (Å²) in [5, 5.41) is 0. The monoisotopic (exact) mass is 584 g/mol. The summed E-state index contributed by atoms with van der Waals surface area (Å²) in [5.74, 6) is -1.13. The van der Waals surface area contributed by atoms with Gasteiger partial charge in [-0.05, 0) is 50.3 Å². The number of hydrogen-bond donors (Lipinski definition) is 0. The highest BCUT2D eigenvalue weighted by molar-refractivity contribution is 9.12. The zero-order valence-corrected chi connectivity index (χ0v) is 21.9. The van der Waals surface area contributed by atoms with Gasteiger partial charge in [0.25, 0.3) is 0 Å². The van der Waals surface area contributed by atoms with Crippen LogP contribution < -0.4 is 0 Å². The van der Waals surface area contributed by atoms with Crippen LogP contribution >= 0.6 is 31.9 Å². The van der Waals surface area contributed by atoms with Crippen molar-refractivity contribution in [3.63, 3.8) is 0 Å². The first-order valence-electron chi connectivity index (χ1n) is 11.5. The normalized spacial score (nSPS) is 22.1. The molecule has 2 aliphatic rings. The molecular weight excluding hydrogens is 564 g/mol. The van der Waals surface area contributed by atoms with Crippen LogP contribution in [-0.2, 0) is 20.7 Å². The number of halogens is 2. The molecule has 2 nitrogen and oxygen atoms in total. The molecule has 0 aliphatic carbocycles. The molecule has 0 saturated heterocycles. The Labute approximate surface area is 222 Å². The fourth-order valence-electron chi connectivity index (χ4n) is 5.07. The van der Waals surface area contributed by atoms with Crippen LogP contribution in [0.25, 0.3) is 0 Å². The average Bonchev–Trinajstić information content (AvgIpc) is 3.39. The second kappa shape index (κ2) is 8.72. The van der Waals surface area contributed by atoms with Crippen molar-refractivity contribution < 1.29 is 9.47 Å². The Morgan fingerprint density at radius 1 is 0.429 bits per heavy atom. The van der Waals surface area contributed by atoms with Gasteiger partial charge in [0.05, 0.1) is 4.48 Å². The highest BCUT2D eigenvalue weighted by atomic mass is 79.9. The third kappa shape index (κ3) is 3.51. The van der Waals surface area contributed by atoms with E-state index in [1.54, 1.807) is 0 Å². The first-order chi connectivity index (χ1) is 17.1. The van der Waals surface area contributed by atoms with Crippen molar-refractivity contribution in [3.05, 3.63) is 165 Å². The molecule has 6 rings (SSSR count). The SMILES string of the molecule is BrC1=CC(c2ccccc2)(c2ccccc2)OC12C=C(Br)C(c1ccccc1)(c1ccccc1)O2. The maximum Gasteiger partial charge on any atom is 0.225 e. The van der Waals surface area contributed by atoms with Crippen molar-refractivity contribution in [2.45, 2.75) is 17.0 Å². The highest BCUT2D eigenvalue weighted by Crippen LogP contribution is 2.60. The molecule has 4 aromatic rings. The van der Waals surface area contributed by atoms with Gasteiger partial charge in [0.15, 0.2) is 5.60 Å². The molecule has 0 N–H and O–H groups in total. The van der Waals surface area contributed by atoms with Gasteiger partial charge in [-0.25, -0.2) is 0 Å². The molecule has 0 fully saturated rings. The van der Waals surface area contributed by atoms with Crippen LogP contribution in [0.1, 0.15) is 22.3 Å². The van der Waals surface area contributed by atoms with Crippen molar-refractivity contribution in [3.8, 4) is 0 Å². The third-order valence-corrected chi connectivity index (χ3v) is 8.27. The fraction of sp³-hybridized carbons (Fsp3) is 0.0968. The van der Waals surface area contributed by atoms with Gasteiger partial charge in [0.2, 0.25) is 5.79 Å². The Morgan fingerprint density at radius 3 is 1.26 bits per heavy atom. The van der Waals surface area contributed by atoms with E-state index in [1.165, 1.54) is 0 Å². The number of hydrogen-bond acceptors (Lipinski definition) is 2. The summed E-state index contributed by atoms with van der Waals surface area (Å²) in [6, 6.07) is 41.1. The molecule has 0 radical (unpaired) electrons. The Balaban J connectivity index is 1.53. The Bertz CT molecular complexity index is 1320. The van der Waals surface area contributed by atoms with E-state index in [2.05, 4.69) is 86.5 Å². The molecule has 2 aliphatic heterocycles. The maximum atomic E-state index is 7.12. The summed E-state index contributed by atoms with van der Waals surface area (Å²) in [6.45, 7) is 0. The predicted octanol–water partition coefficient (Wildman–Crippen LogP) is 8.19. The quantitative estimate of drug-likeness (QED) is 0.240. The molecule has 0 amide bonds. The molecule has 2 heterocycles. The van der Waals surface area contributed by atoms with Gasteiger partial charge >= 0.3 is 0 Å². The lowest BCUT2D eigenvalue weighted by molar-refractivity contribution is -0.225. The number of rotatable bonds is 4. The minimum atomic E-state index is -1.13. The van der Waals surface area contributed by atoms with Crippen molar-refractivity contribution in [1.29, 1.82) is 0 Å². The molecule has 1 atom stereocenters. The van der Waals surface area contributed by atoms with Gasteiger partial charge in [0.1, 0.15) is 5.60 Å². The summed E-state index contributed by atoms with van der Waals surface area (Å²) in [6.07, 6.45) is 4.17. The van der Waals surface area contributed by atoms with Gasteiger partial charge in [-0.3, -0.25) is 0 Å². The Hall–Kier alpha value is -2.76. The van der Waals surface area contributed by atoms with Gasteiger partial charge in [0, 0.05) is 4.48 Å². The fourth-order valence-corrected chi connectivity index (χ4v) is 6.51. The van der Waals surface area contributed by atoms with Crippen molar-refractivity contribution >= 4 is 31.9 Å². The second-order valence-electron chi connectivity index (χ2n) is 8.74. The lowest BCUT2D eigenvalue weighted by Gasteiger charge is -2.38. The highest BCUT2D eigenvalue weighted by Gasteiger charge is 2.60. The summed E-state index contributed by atoms with van der Waals surface area (Å²) in [4.78, 5) is 0. The van der Waals surface area contributed by atoms with E-state index in [4.69, 9.17) is 9.47 Å². The maximum absolute atomic E-state index is 7.12. The molecule has 0 bridgehead atoms. The molecular formula is C31H22Br2O2. The predicted molar refractivity (Wildman–Crippen MR) is 146 cm³/mol. The van der Waals surface area contributed by atoms with E-state index in [1.807, 2.05) is 78.9 Å². The van der Waals surface area contributed by atoms with E-state index in [0.717, 1.165) is 31.2 Å². The second-order valence-corrected chi connectivity index (χ2v) is 10.4. The topological polar surface area (TPSA) is 18.5 Å². The van der Waals surface area contributed by atoms with Crippen molar-refractivity contribution in [2.24, 2.45) is 0 Å². The van der Waals surface area contributed by atoms with Crippen LogP contribution in [0.4, 0.5) is 0 Å². The van der Waals surface area contributed by atoms with Crippen LogP contribution in [0.3, 0.4) is 0 Å². The van der Waals surface area contributed by atoms with Crippen LogP contribution in [0.2, 0.25) is 0 Å². The summed E-state index contributed by atoms with van der Waals surface area (Å²) >= 11 is 7.77. The van der Waals surface area contributed by atoms with E-state index in [-0.39, 0.29) is 0 Å². The minimum Gasteiger partial charge on any atom is -0.321 e. The molecule has 35 heavy (non-hydrogen) atoms. The van der Waals surface area contributed by atoms with Crippen LogP contribution in [0.15, 0.2) is 142 Å².